The van der Waals surface area contributed by atoms with Crippen LogP contribution in [-0.2, 0) is 11.2 Å². The molecule has 2 heteroatoms. The lowest BCUT2D eigenvalue weighted by Crippen LogP contribution is -2.28. The van der Waals surface area contributed by atoms with Gasteiger partial charge in [-0.1, -0.05) is 18.2 Å². The number of aryl methyl sites for hydroxylation is 2. The van der Waals surface area contributed by atoms with E-state index in [4.69, 9.17) is 5.73 Å². The largest absolute Gasteiger partial charge is 0.322 e. The standard InChI is InChI=1S/C12H17NO/c1-8-4-5-11(6-9(8)2)7-12(14)10(3)13/h4-6,10H,7,13H2,1-3H3. The summed E-state index contributed by atoms with van der Waals surface area (Å²) in [6.07, 6.45) is 0.443. The molecule has 1 aromatic carbocycles. The fraction of sp³-hybridized carbons (Fsp3) is 0.417. The van der Waals surface area contributed by atoms with Gasteiger partial charge in [-0.25, -0.2) is 0 Å². The number of ketones is 1. The molecule has 0 heterocycles. The van der Waals surface area contributed by atoms with E-state index in [0.717, 1.165) is 5.56 Å². The Hall–Kier alpha value is -1.15. The highest BCUT2D eigenvalue weighted by Crippen LogP contribution is 2.10. The second-order valence-corrected chi connectivity index (χ2v) is 3.85. The van der Waals surface area contributed by atoms with Crippen molar-refractivity contribution in [2.24, 2.45) is 5.73 Å². The van der Waals surface area contributed by atoms with E-state index in [-0.39, 0.29) is 11.8 Å². The number of carbonyl (C=O) groups excluding carboxylic acids is 1. The smallest absolute Gasteiger partial charge is 0.153 e. The molecule has 0 aliphatic heterocycles. The maximum absolute atomic E-state index is 11.4. The first-order valence-corrected chi connectivity index (χ1v) is 4.85. The van der Waals surface area contributed by atoms with Crippen LogP contribution in [0.5, 0.6) is 0 Å². The highest BCUT2D eigenvalue weighted by molar-refractivity contribution is 5.85. The molecule has 0 radical (unpaired) electrons. The molecule has 0 fully saturated rings. The molecule has 0 saturated heterocycles. The summed E-state index contributed by atoms with van der Waals surface area (Å²) >= 11 is 0. The summed E-state index contributed by atoms with van der Waals surface area (Å²) in [6.45, 7) is 5.84. The van der Waals surface area contributed by atoms with E-state index in [1.54, 1.807) is 6.92 Å². The van der Waals surface area contributed by atoms with E-state index >= 15 is 0 Å². The van der Waals surface area contributed by atoms with Crippen LogP contribution in [0.1, 0.15) is 23.6 Å². The molecule has 0 aliphatic carbocycles. The minimum Gasteiger partial charge on any atom is -0.322 e. The van der Waals surface area contributed by atoms with Crippen molar-refractivity contribution >= 4 is 5.78 Å². The van der Waals surface area contributed by atoms with Crippen LogP contribution in [0.4, 0.5) is 0 Å². The predicted octanol–water partition coefficient (Wildman–Crippen LogP) is 1.76. The van der Waals surface area contributed by atoms with Gasteiger partial charge in [-0.2, -0.15) is 0 Å². The molecule has 0 bridgehead atoms. The second-order valence-electron chi connectivity index (χ2n) is 3.85. The zero-order chi connectivity index (χ0) is 10.7. The van der Waals surface area contributed by atoms with Gasteiger partial charge in [0.2, 0.25) is 0 Å². The van der Waals surface area contributed by atoms with Gasteiger partial charge in [-0.15, -0.1) is 0 Å². The van der Waals surface area contributed by atoms with Gasteiger partial charge in [0.25, 0.3) is 0 Å². The van der Waals surface area contributed by atoms with Crippen LogP contribution >= 0.6 is 0 Å². The first-order valence-electron chi connectivity index (χ1n) is 4.85. The normalized spacial score (nSPS) is 12.6. The van der Waals surface area contributed by atoms with Crippen LogP contribution in [-0.4, -0.2) is 11.8 Å². The molecule has 76 valence electrons. The Morgan fingerprint density at radius 1 is 1.36 bits per heavy atom. The van der Waals surface area contributed by atoms with E-state index in [1.807, 2.05) is 12.1 Å². The summed E-state index contributed by atoms with van der Waals surface area (Å²) in [5.74, 6) is 0.0910. The molecule has 1 aromatic rings. The van der Waals surface area contributed by atoms with Crippen molar-refractivity contribution in [3.8, 4) is 0 Å². The van der Waals surface area contributed by atoms with Crippen molar-refractivity contribution in [1.82, 2.24) is 0 Å². The zero-order valence-electron chi connectivity index (χ0n) is 9.00. The minimum atomic E-state index is -0.364. The van der Waals surface area contributed by atoms with Crippen LogP contribution in [0.3, 0.4) is 0 Å². The average Bonchev–Trinajstić information content (AvgIpc) is 2.11. The maximum atomic E-state index is 11.4. The summed E-state index contributed by atoms with van der Waals surface area (Å²) in [5, 5.41) is 0. The number of Topliss-reactive ketones (excluding diaryl/α,β-unsaturated/α-hetero) is 1. The summed E-state index contributed by atoms with van der Waals surface area (Å²) < 4.78 is 0. The highest BCUT2D eigenvalue weighted by atomic mass is 16.1. The van der Waals surface area contributed by atoms with Crippen molar-refractivity contribution in [2.45, 2.75) is 33.2 Å². The van der Waals surface area contributed by atoms with E-state index in [2.05, 4.69) is 19.9 Å². The Bertz CT molecular complexity index is 342. The first-order chi connectivity index (χ1) is 6.50. The van der Waals surface area contributed by atoms with Gasteiger partial charge in [0.1, 0.15) is 0 Å². The van der Waals surface area contributed by atoms with Gasteiger partial charge in [-0.05, 0) is 37.5 Å². The number of hydrogen-bond acceptors (Lipinski definition) is 2. The molecule has 1 unspecified atom stereocenters. The number of benzene rings is 1. The molecule has 0 spiro atoms. The Labute approximate surface area is 85.1 Å². The molecule has 0 saturated carbocycles. The Morgan fingerprint density at radius 3 is 2.50 bits per heavy atom. The third-order valence-electron chi connectivity index (χ3n) is 2.46. The van der Waals surface area contributed by atoms with Gasteiger partial charge < -0.3 is 5.73 Å². The van der Waals surface area contributed by atoms with Crippen molar-refractivity contribution in [3.63, 3.8) is 0 Å². The molecule has 0 aromatic heterocycles. The summed E-state index contributed by atoms with van der Waals surface area (Å²) in [6, 6.07) is 5.72. The lowest BCUT2D eigenvalue weighted by molar-refractivity contribution is -0.119. The van der Waals surface area contributed by atoms with Crippen LogP contribution < -0.4 is 5.73 Å². The van der Waals surface area contributed by atoms with E-state index in [0.29, 0.717) is 6.42 Å². The summed E-state index contributed by atoms with van der Waals surface area (Å²) in [5.41, 5.74) is 9.03. The van der Waals surface area contributed by atoms with Gasteiger partial charge in [-0.3, -0.25) is 4.79 Å². The fourth-order valence-electron chi connectivity index (χ4n) is 1.28. The second kappa shape index (κ2) is 4.38. The number of carbonyl (C=O) groups is 1. The number of nitrogens with two attached hydrogens (primary N) is 1. The third kappa shape index (κ3) is 2.67. The molecule has 2 N–H and O–H groups in total. The SMILES string of the molecule is Cc1ccc(CC(=O)C(C)N)cc1C. The molecule has 0 aliphatic rings. The maximum Gasteiger partial charge on any atom is 0.153 e. The topological polar surface area (TPSA) is 43.1 Å². The van der Waals surface area contributed by atoms with Crippen molar-refractivity contribution in [3.05, 3.63) is 34.9 Å². The Morgan fingerprint density at radius 2 is 2.00 bits per heavy atom. The minimum absolute atomic E-state index is 0.0910. The highest BCUT2D eigenvalue weighted by Gasteiger charge is 2.08. The van der Waals surface area contributed by atoms with Gasteiger partial charge in [0.15, 0.2) is 5.78 Å². The third-order valence-corrected chi connectivity index (χ3v) is 2.46. The van der Waals surface area contributed by atoms with Gasteiger partial charge in [0, 0.05) is 6.42 Å². The monoisotopic (exact) mass is 191 g/mol. The molecule has 2 nitrogen and oxygen atoms in total. The van der Waals surface area contributed by atoms with Crippen molar-refractivity contribution in [2.75, 3.05) is 0 Å². The lowest BCUT2D eigenvalue weighted by Gasteiger charge is -2.06. The van der Waals surface area contributed by atoms with Gasteiger partial charge >= 0.3 is 0 Å². The van der Waals surface area contributed by atoms with Crippen LogP contribution in [0.15, 0.2) is 18.2 Å². The molecule has 1 atom stereocenters. The molecule has 1 rings (SSSR count). The van der Waals surface area contributed by atoms with E-state index in [1.165, 1.54) is 11.1 Å². The quantitative estimate of drug-likeness (QED) is 0.791. The summed E-state index contributed by atoms with van der Waals surface area (Å²) in [4.78, 5) is 11.4. The first kappa shape index (κ1) is 10.9. The predicted molar refractivity (Wildman–Crippen MR) is 58.3 cm³/mol. The van der Waals surface area contributed by atoms with Crippen LogP contribution in [0.25, 0.3) is 0 Å². The molecular formula is C12H17NO. The Balaban J connectivity index is 2.78. The van der Waals surface area contributed by atoms with E-state index < -0.39 is 0 Å². The zero-order valence-corrected chi connectivity index (χ0v) is 9.00. The van der Waals surface area contributed by atoms with Crippen molar-refractivity contribution < 1.29 is 4.79 Å². The summed E-state index contributed by atoms with van der Waals surface area (Å²) in [7, 11) is 0. The number of rotatable bonds is 3. The average molecular weight is 191 g/mol. The molecular weight excluding hydrogens is 174 g/mol. The van der Waals surface area contributed by atoms with Crippen molar-refractivity contribution in [1.29, 1.82) is 0 Å². The van der Waals surface area contributed by atoms with Crippen LogP contribution in [0.2, 0.25) is 0 Å². The lowest BCUT2D eigenvalue weighted by atomic mass is 10.0. The van der Waals surface area contributed by atoms with Gasteiger partial charge in [0.05, 0.1) is 6.04 Å². The molecule has 0 amide bonds. The molecule has 14 heavy (non-hydrogen) atoms. The number of hydrogen-bond donors (Lipinski definition) is 1. The Kier molecular flexibility index (Phi) is 3.42. The fourth-order valence-corrected chi connectivity index (χ4v) is 1.28. The van der Waals surface area contributed by atoms with E-state index in [9.17, 15) is 4.79 Å². The van der Waals surface area contributed by atoms with Crippen LogP contribution in [0, 0.1) is 13.8 Å².